The molecule has 3 rings (SSSR count). The maximum Gasteiger partial charge on any atom is 0.328 e. The SMILES string of the molecule is CCOc1cc(/C=C2/SC(=O)N([C@@H](C)C(=O)OC)C2=O)ccc1OCc1ccccc1C#N. The van der Waals surface area contributed by atoms with E-state index < -0.39 is 23.2 Å². The summed E-state index contributed by atoms with van der Waals surface area (Å²) in [5, 5.41) is 8.71. The standard InChI is InChI=1S/C24H22N2O6S/c1-4-31-20-11-16(9-10-19(20)32-14-18-8-6-5-7-17(18)13-25)12-21-22(27)26(24(29)33-21)15(2)23(28)30-3/h5-12,15H,4,14H2,1-3H3/b21-12+/t15-/m0/s1. The molecule has 1 fully saturated rings. The van der Waals surface area contributed by atoms with E-state index in [4.69, 9.17) is 9.47 Å². The molecule has 0 aliphatic carbocycles. The van der Waals surface area contributed by atoms with E-state index in [1.165, 1.54) is 14.0 Å². The number of carbonyl (C=O) groups excluding carboxylic acids is 3. The zero-order valence-electron chi connectivity index (χ0n) is 18.4. The molecule has 2 amide bonds. The zero-order valence-corrected chi connectivity index (χ0v) is 19.2. The first kappa shape index (κ1) is 23.9. The molecule has 9 heteroatoms. The van der Waals surface area contributed by atoms with Gasteiger partial charge in [-0.1, -0.05) is 24.3 Å². The van der Waals surface area contributed by atoms with Crippen LogP contribution in [-0.4, -0.2) is 41.8 Å². The molecule has 0 aromatic heterocycles. The molecule has 0 N–H and O–H groups in total. The lowest BCUT2D eigenvalue weighted by Gasteiger charge is -2.18. The van der Waals surface area contributed by atoms with Crippen molar-refractivity contribution in [2.45, 2.75) is 26.5 Å². The predicted octanol–water partition coefficient (Wildman–Crippen LogP) is 4.13. The van der Waals surface area contributed by atoms with Gasteiger partial charge in [0, 0.05) is 5.56 Å². The van der Waals surface area contributed by atoms with Gasteiger partial charge in [-0.2, -0.15) is 5.26 Å². The van der Waals surface area contributed by atoms with Crippen LogP contribution >= 0.6 is 11.8 Å². The molecule has 2 aromatic rings. The molecule has 0 saturated carbocycles. The van der Waals surface area contributed by atoms with Crippen molar-refractivity contribution in [3.8, 4) is 17.6 Å². The Labute approximate surface area is 195 Å². The second-order valence-corrected chi connectivity index (χ2v) is 7.94. The molecule has 1 saturated heterocycles. The number of imide groups is 1. The second-order valence-electron chi connectivity index (χ2n) is 6.95. The van der Waals surface area contributed by atoms with Crippen molar-refractivity contribution in [3.05, 3.63) is 64.1 Å². The lowest BCUT2D eigenvalue weighted by molar-refractivity contribution is -0.148. The van der Waals surface area contributed by atoms with E-state index in [0.717, 1.165) is 22.2 Å². The quantitative estimate of drug-likeness (QED) is 0.422. The molecule has 1 atom stereocenters. The highest BCUT2D eigenvalue weighted by Crippen LogP contribution is 2.36. The molecule has 0 bridgehead atoms. The Morgan fingerprint density at radius 1 is 1.18 bits per heavy atom. The van der Waals surface area contributed by atoms with Gasteiger partial charge in [-0.05, 0) is 55.4 Å². The minimum atomic E-state index is -1.01. The minimum absolute atomic E-state index is 0.188. The van der Waals surface area contributed by atoms with Gasteiger partial charge in [0.05, 0.1) is 30.3 Å². The van der Waals surface area contributed by atoms with E-state index in [9.17, 15) is 19.6 Å². The first-order valence-corrected chi connectivity index (χ1v) is 10.9. The first-order chi connectivity index (χ1) is 15.9. The Bertz CT molecular complexity index is 1150. The number of hydrogen-bond acceptors (Lipinski definition) is 8. The van der Waals surface area contributed by atoms with Gasteiger partial charge in [0.2, 0.25) is 0 Å². The normalized spacial score (nSPS) is 15.3. The van der Waals surface area contributed by atoms with Crippen molar-refractivity contribution in [1.29, 1.82) is 5.26 Å². The van der Waals surface area contributed by atoms with E-state index >= 15 is 0 Å². The van der Waals surface area contributed by atoms with Gasteiger partial charge >= 0.3 is 5.97 Å². The molecule has 0 spiro atoms. The molecule has 170 valence electrons. The Hall–Kier alpha value is -3.77. The van der Waals surface area contributed by atoms with Crippen LogP contribution in [0.2, 0.25) is 0 Å². The van der Waals surface area contributed by atoms with Gasteiger partial charge in [-0.25, -0.2) is 4.79 Å². The summed E-state index contributed by atoms with van der Waals surface area (Å²) in [7, 11) is 1.20. The number of methoxy groups -OCH3 is 1. The zero-order chi connectivity index (χ0) is 24.0. The summed E-state index contributed by atoms with van der Waals surface area (Å²) >= 11 is 0.756. The molecule has 2 aromatic carbocycles. The number of benzene rings is 2. The van der Waals surface area contributed by atoms with Crippen LogP contribution in [0.4, 0.5) is 4.79 Å². The Morgan fingerprint density at radius 3 is 2.64 bits per heavy atom. The number of thioether (sulfide) groups is 1. The highest BCUT2D eigenvalue weighted by molar-refractivity contribution is 8.18. The van der Waals surface area contributed by atoms with E-state index in [1.54, 1.807) is 36.4 Å². The Kier molecular flexibility index (Phi) is 7.74. The summed E-state index contributed by atoms with van der Waals surface area (Å²) < 4.78 is 16.2. The number of amides is 2. The number of ether oxygens (including phenoxy) is 3. The summed E-state index contributed by atoms with van der Waals surface area (Å²) in [5.41, 5.74) is 1.91. The number of carbonyl (C=O) groups is 3. The Morgan fingerprint density at radius 2 is 1.94 bits per heavy atom. The third kappa shape index (κ3) is 5.35. The minimum Gasteiger partial charge on any atom is -0.490 e. The third-order valence-corrected chi connectivity index (χ3v) is 5.72. The second kappa shape index (κ2) is 10.7. The van der Waals surface area contributed by atoms with Crippen LogP contribution < -0.4 is 9.47 Å². The molecular formula is C24H22N2O6S. The number of rotatable bonds is 8. The maximum atomic E-state index is 12.7. The van der Waals surface area contributed by atoms with Crippen LogP contribution in [-0.2, 0) is 20.9 Å². The summed E-state index contributed by atoms with van der Waals surface area (Å²) in [6, 6.07) is 13.4. The number of nitrogens with zero attached hydrogens (tertiary/aromatic N) is 2. The lowest BCUT2D eigenvalue weighted by Crippen LogP contribution is -2.42. The van der Waals surface area contributed by atoms with E-state index in [2.05, 4.69) is 10.8 Å². The van der Waals surface area contributed by atoms with Gasteiger partial charge in [0.1, 0.15) is 12.6 Å². The summed E-state index contributed by atoms with van der Waals surface area (Å²) in [6.45, 7) is 3.85. The van der Waals surface area contributed by atoms with Gasteiger partial charge in [-0.3, -0.25) is 14.5 Å². The van der Waals surface area contributed by atoms with Gasteiger partial charge in [0.25, 0.3) is 11.1 Å². The van der Waals surface area contributed by atoms with Gasteiger partial charge < -0.3 is 14.2 Å². The van der Waals surface area contributed by atoms with Crippen LogP contribution in [0, 0.1) is 11.3 Å². The predicted molar refractivity (Wildman–Crippen MR) is 122 cm³/mol. The lowest BCUT2D eigenvalue weighted by atomic mass is 10.1. The van der Waals surface area contributed by atoms with Crippen LogP contribution in [0.1, 0.15) is 30.5 Å². The number of nitriles is 1. The third-order valence-electron chi connectivity index (χ3n) is 4.84. The monoisotopic (exact) mass is 466 g/mol. The molecule has 1 aliphatic heterocycles. The van der Waals surface area contributed by atoms with E-state index in [-0.39, 0.29) is 11.5 Å². The molecular weight excluding hydrogens is 444 g/mol. The van der Waals surface area contributed by atoms with Crippen LogP contribution in [0.3, 0.4) is 0 Å². The molecule has 8 nitrogen and oxygen atoms in total. The number of hydrogen-bond donors (Lipinski definition) is 0. The maximum absolute atomic E-state index is 12.7. The van der Waals surface area contributed by atoms with Crippen LogP contribution in [0.15, 0.2) is 47.4 Å². The Balaban J connectivity index is 1.82. The smallest absolute Gasteiger partial charge is 0.328 e. The number of esters is 1. The fourth-order valence-electron chi connectivity index (χ4n) is 3.15. The summed E-state index contributed by atoms with van der Waals surface area (Å²) in [5.74, 6) is -0.289. The van der Waals surface area contributed by atoms with Gasteiger partial charge in [-0.15, -0.1) is 0 Å². The van der Waals surface area contributed by atoms with Crippen molar-refractivity contribution in [3.63, 3.8) is 0 Å². The fourth-order valence-corrected chi connectivity index (χ4v) is 4.06. The van der Waals surface area contributed by atoms with E-state index in [1.807, 2.05) is 19.1 Å². The highest BCUT2D eigenvalue weighted by atomic mass is 32.2. The molecule has 0 unspecified atom stereocenters. The molecule has 33 heavy (non-hydrogen) atoms. The van der Waals surface area contributed by atoms with Crippen molar-refractivity contribution in [2.75, 3.05) is 13.7 Å². The first-order valence-electron chi connectivity index (χ1n) is 10.1. The molecule has 1 aliphatic rings. The van der Waals surface area contributed by atoms with Crippen LogP contribution in [0.25, 0.3) is 6.08 Å². The summed E-state index contributed by atoms with van der Waals surface area (Å²) in [6.07, 6.45) is 1.56. The van der Waals surface area contributed by atoms with Gasteiger partial charge in [0.15, 0.2) is 11.5 Å². The van der Waals surface area contributed by atoms with Crippen molar-refractivity contribution < 1.29 is 28.6 Å². The largest absolute Gasteiger partial charge is 0.490 e. The average molecular weight is 467 g/mol. The topological polar surface area (TPSA) is 106 Å². The van der Waals surface area contributed by atoms with Crippen LogP contribution in [0.5, 0.6) is 11.5 Å². The van der Waals surface area contributed by atoms with Crippen molar-refractivity contribution in [1.82, 2.24) is 4.90 Å². The highest BCUT2D eigenvalue weighted by Gasteiger charge is 2.41. The fraction of sp³-hybridized carbons (Fsp3) is 0.250. The molecule has 0 radical (unpaired) electrons. The molecule has 1 heterocycles. The van der Waals surface area contributed by atoms with Crippen molar-refractivity contribution >= 4 is 35.0 Å². The average Bonchev–Trinajstić information content (AvgIpc) is 3.10. The van der Waals surface area contributed by atoms with E-state index in [0.29, 0.717) is 29.2 Å². The van der Waals surface area contributed by atoms with Crippen molar-refractivity contribution in [2.24, 2.45) is 0 Å². The summed E-state index contributed by atoms with van der Waals surface area (Å²) in [4.78, 5) is 37.8.